The predicted molar refractivity (Wildman–Crippen MR) is 123 cm³/mol. The summed E-state index contributed by atoms with van der Waals surface area (Å²) in [6, 6.07) is 22.3. The fourth-order valence-electron chi connectivity index (χ4n) is 2.97. The van der Waals surface area contributed by atoms with Gasteiger partial charge in [-0.1, -0.05) is 30.3 Å². The van der Waals surface area contributed by atoms with E-state index in [0.29, 0.717) is 30.4 Å². The van der Waals surface area contributed by atoms with Crippen molar-refractivity contribution in [3.05, 3.63) is 78.4 Å². The van der Waals surface area contributed by atoms with Crippen LogP contribution in [0, 0.1) is 0 Å². The van der Waals surface area contributed by atoms with E-state index in [1.807, 2.05) is 79.7 Å². The first-order valence-electron chi connectivity index (χ1n) is 10.2. The number of nitrogens with one attached hydrogen (secondary N) is 2. The minimum absolute atomic E-state index is 0.147. The molecule has 0 aliphatic carbocycles. The van der Waals surface area contributed by atoms with Crippen LogP contribution in [0.5, 0.6) is 17.2 Å². The number of benzene rings is 3. The molecule has 0 fully saturated rings. The lowest BCUT2D eigenvalue weighted by Gasteiger charge is -2.17. The van der Waals surface area contributed by atoms with Crippen molar-refractivity contribution >= 4 is 17.3 Å². The summed E-state index contributed by atoms with van der Waals surface area (Å²) in [5.41, 5.74) is 2.58. The van der Waals surface area contributed by atoms with Crippen molar-refractivity contribution in [3.8, 4) is 17.2 Å². The number of carbonyl (C=O) groups is 1. The normalized spacial score (nSPS) is 11.3. The smallest absolute Gasteiger partial charge is 0.246 e. The Morgan fingerprint density at radius 1 is 0.903 bits per heavy atom. The quantitative estimate of drug-likeness (QED) is 0.477. The van der Waals surface area contributed by atoms with Gasteiger partial charge in [-0.3, -0.25) is 4.79 Å². The Hall–Kier alpha value is -3.67. The zero-order chi connectivity index (χ0) is 22.1. The molecule has 0 aromatic heterocycles. The molecule has 31 heavy (non-hydrogen) atoms. The lowest BCUT2D eigenvalue weighted by molar-refractivity contribution is -0.116. The largest absolute Gasteiger partial charge is 0.493 e. The van der Waals surface area contributed by atoms with E-state index in [4.69, 9.17) is 14.2 Å². The van der Waals surface area contributed by atoms with E-state index in [-0.39, 0.29) is 5.91 Å². The summed E-state index contributed by atoms with van der Waals surface area (Å²) in [4.78, 5) is 12.6. The van der Waals surface area contributed by atoms with Crippen LogP contribution in [0.3, 0.4) is 0 Å². The molecule has 0 spiro atoms. The summed E-state index contributed by atoms with van der Waals surface area (Å²) < 4.78 is 16.7. The zero-order valence-corrected chi connectivity index (χ0v) is 18.1. The molecule has 0 radical (unpaired) electrons. The lowest BCUT2D eigenvalue weighted by Crippen LogP contribution is -2.31. The van der Waals surface area contributed by atoms with Gasteiger partial charge in [0.25, 0.3) is 0 Å². The van der Waals surface area contributed by atoms with E-state index in [9.17, 15) is 4.79 Å². The second-order valence-electron chi connectivity index (χ2n) is 6.95. The topological polar surface area (TPSA) is 68.8 Å². The van der Waals surface area contributed by atoms with Gasteiger partial charge in [-0.15, -0.1) is 0 Å². The van der Waals surface area contributed by atoms with E-state index < -0.39 is 6.04 Å². The highest BCUT2D eigenvalue weighted by atomic mass is 16.5. The van der Waals surface area contributed by atoms with Crippen LogP contribution in [0.15, 0.2) is 72.8 Å². The van der Waals surface area contributed by atoms with Crippen LogP contribution in [-0.4, -0.2) is 25.7 Å². The van der Waals surface area contributed by atoms with Gasteiger partial charge < -0.3 is 24.8 Å². The van der Waals surface area contributed by atoms with Gasteiger partial charge >= 0.3 is 0 Å². The molecule has 3 aromatic rings. The minimum Gasteiger partial charge on any atom is -0.493 e. The Morgan fingerprint density at radius 3 is 2.29 bits per heavy atom. The molecular formula is C25H28N2O4. The van der Waals surface area contributed by atoms with Crippen molar-refractivity contribution in [3.63, 3.8) is 0 Å². The maximum absolute atomic E-state index is 12.6. The van der Waals surface area contributed by atoms with E-state index >= 15 is 0 Å². The summed E-state index contributed by atoms with van der Waals surface area (Å²) in [5.74, 6) is 1.88. The molecule has 0 aliphatic heterocycles. The Labute approximate surface area is 183 Å². The number of ether oxygens (including phenoxy) is 3. The standard InChI is InChI=1S/C25H28N2O4/c1-4-30-23-15-12-21(16-24(23)29-3)26-18(2)25(28)27-20-10-13-22(14-11-20)31-17-19-8-6-5-7-9-19/h5-16,18,26H,4,17H2,1-3H3,(H,27,28)/t18-/m1/s1. The highest BCUT2D eigenvalue weighted by molar-refractivity contribution is 5.96. The molecule has 1 amide bonds. The fraction of sp³-hybridized carbons (Fsp3) is 0.240. The van der Waals surface area contributed by atoms with Crippen molar-refractivity contribution in [2.75, 3.05) is 24.4 Å². The van der Waals surface area contributed by atoms with Crippen LogP contribution in [0.4, 0.5) is 11.4 Å². The third-order valence-corrected chi connectivity index (χ3v) is 4.61. The highest BCUT2D eigenvalue weighted by Gasteiger charge is 2.14. The van der Waals surface area contributed by atoms with Crippen molar-refractivity contribution in [1.82, 2.24) is 0 Å². The van der Waals surface area contributed by atoms with Crippen molar-refractivity contribution in [1.29, 1.82) is 0 Å². The van der Waals surface area contributed by atoms with Gasteiger partial charge in [0.15, 0.2) is 11.5 Å². The zero-order valence-electron chi connectivity index (χ0n) is 18.1. The molecular weight excluding hydrogens is 392 g/mol. The summed E-state index contributed by atoms with van der Waals surface area (Å²) in [7, 11) is 1.59. The van der Waals surface area contributed by atoms with Gasteiger partial charge in [0.2, 0.25) is 5.91 Å². The molecule has 0 unspecified atom stereocenters. The molecule has 162 valence electrons. The number of hydrogen-bond donors (Lipinski definition) is 2. The fourth-order valence-corrected chi connectivity index (χ4v) is 2.97. The molecule has 6 heteroatoms. The molecule has 0 aliphatic rings. The summed E-state index contributed by atoms with van der Waals surface area (Å²) >= 11 is 0. The second kappa shape index (κ2) is 10.9. The summed E-state index contributed by atoms with van der Waals surface area (Å²) in [6.45, 7) is 4.77. The first-order valence-corrected chi connectivity index (χ1v) is 10.2. The minimum atomic E-state index is -0.448. The molecule has 2 N–H and O–H groups in total. The van der Waals surface area contributed by atoms with Crippen LogP contribution in [0.2, 0.25) is 0 Å². The first-order chi connectivity index (χ1) is 15.1. The molecule has 1 atom stereocenters. The van der Waals surface area contributed by atoms with Gasteiger partial charge in [-0.25, -0.2) is 0 Å². The van der Waals surface area contributed by atoms with E-state index in [1.165, 1.54) is 0 Å². The monoisotopic (exact) mass is 420 g/mol. The Bertz CT molecular complexity index is 975. The lowest BCUT2D eigenvalue weighted by atomic mass is 10.2. The summed E-state index contributed by atoms with van der Waals surface area (Å²) in [5, 5.41) is 6.09. The van der Waals surface area contributed by atoms with Gasteiger partial charge in [0.1, 0.15) is 18.4 Å². The molecule has 6 nitrogen and oxygen atoms in total. The Balaban J connectivity index is 1.53. The van der Waals surface area contributed by atoms with Crippen LogP contribution < -0.4 is 24.8 Å². The van der Waals surface area contributed by atoms with Crippen molar-refractivity contribution < 1.29 is 19.0 Å². The number of carbonyl (C=O) groups excluding carboxylic acids is 1. The first kappa shape index (κ1) is 22.0. The van der Waals surface area contributed by atoms with E-state index in [0.717, 1.165) is 17.0 Å². The number of amides is 1. The van der Waals surface area contributed by atoms with E-state index in [2.05, 4.69) is 10.6 Å². The SMILES string of the molecule is CCOc1ccc(N[C@H](C)C(=O)Nc2ccc(OCc3ccccc3)cc2)cc1OC. The number of rotatable bonds is 10. The molecule has 0 saturated heterocycles. The third-order valence-electron chi connectivity index (χ3n) is 4.61. The van der Waals surface area contributed by atoms with Gasteiger partial charge in [0.05, 0.1) is 13.7 Å². The molecule has 3 aromatic carbocycles. The van der Waals surface area contributed by atoms with Gasteiger partial charge in [0, 0.05) is 17.4 Å². The molecule has 0 bridgehead atoms. The van der Waals surface area contributed by atoms with Crippen molar-refractivity contribution in [2.45, 2.75) is 26.5 Å². The Kier molecular flexibility index (Phi) is 7.76. The van der Waals surface area contributed by atoms with Gasteiger partial charge in [-0.2, -0.15) is 0 Å². The third kappa shape index (κ3) is 6.40. The molecule has 3 rings (SSSR count). The number of anilines is 2. The molecule has 0 heterocycles. The van der Waals surface area contributed by atoms with Crippen LogP contribution in [-0.2, 0) is 11.4 Å². The van der Waals surface area contributed by atoms with Crippen LogP contribution >= 0.6 is 0 Å². The number of methoxy groups -OCH3 is 1. The van der Waals surface area contributed by atoms with E-state index in [1.54, 1.807) is 14.0 Å². The highest BCUT2D eigenvalue weighted by Crippen LogP contribution is 2.30. The number of hydrogen-bond acceptors (Lipinski definition) is 5. The van der Waals surface area contributed by atoms with Gasteiger partial charge in [-0.05, 0) is 55.8 Å². The maximum atomic E-state index is 12.6. The average molecular weight is 421 g/mol. The average Bonchev–Trinajstić information content (AvgIpc) is 2.80. The van der Waals surface area contributed by atoms with Crippen molar-refractivity contribution in [2.24, 2.45) is 0 Å². The molecule has 0 saturated carbocycles. The maximum Gasteiger partial charge on any atom is 0.246 e. The summed E-state index contributed by atoms with van der Waals surface area (Å²) in [6.07, 6.45) is 0. The second-order valence-corrected chi connectivity index (χ2v) is 6.95. The predicted octanol–water partition coefficient (Wildman–Crippen LogP) is 5.11. The Morgan fingerprint density at radius 2 is 1.61 bits per heavy atom. The van der Waals surface area contributed by atoms with Crippen LogP contribution in [0.1, 0.15) is 19.4 Å². The van der Waals surface area contributed by atoms with Crippen LogP contribution in [0.25, 0.3) is 0 Å².